The summed E-state index contributed by atoms with van der Waals surface area (Å²) in [5.74, 6) is -0.240. The summed E-state index contributed by atoms with van der Waals surface area (Å²) in [6, 6.07) is 7.35. The summed E-state index contributed by atoms with van der Waals surface area (Å²) in [6.07, 6.45) is 7.79. The molecule has 0 radical (unpaired) electrons. The molecule has 2 aliphatic rings. The molecule has 1 atom stereocenters. The molecule has 2 aromatic heterocycles. The van der Waals surface area contributed by atoms with Crippen LogP contribution in [0.3, 0.4) is 0 Å². The number of rotatable bonds is 5. The molecule has 32 heavy (non-hydrogen) atoms. The van der Waals surface area contributed by atoms with Gasteiger partial charge in [0.1, 0.15) is 11.8 Å². The van der Waals surface area contributed by atoms with Crippen LogP contribution in [-0.2, 0) is 9.53 Å². The number of aliphatic hydroxyl groups is 1. The Morgan fingerprint density at radius 3 is 2.47 bits per heavy atom. The van der Waals surface area contributed by atoms with E-state index in [1.165, 1.54) is 0 Å². The van der Waals surface area contributed by atoms with Gasteiger partial charge in [0.2, 0.25) is 5.91 Å². The van der Waals surface area contributed by atoms with Gasteiger partial charge < -0.3 is 20.1 Å². The number of aromatic nitrogens is 2. The number of hydrogen-bond acceptors (Lipinski definition) is 6. The van der Waals surface area contributed by atoms with Crippen LogP contribution < -0.4 is 5.32 Å². The predicted octanol–water partition coefficient (Wildman–Crippen LogP) is 2.49. The zero-order valence-electron chi connectivity index (χ0n) is 18.4. The molecular weight excluding hydrogens is 408 g/mol. The Bertz CT molecular complexity index is 939. The van der Waals surface area contributed by atoms with Crippen molar-refractivity contribution >= 4 is 11.8 Å². The number of ether oxygens (including phenoxy) is 1. The summed E-state index contributed by atoms with van der Waals surface area (Å²) >= 11 is 0. The molecule has 8 heteroatoms. The van der Waals surface area contributed by atoms with Crippen molar-refractivity contribution < 1.29 is 19.4 Å². The van der Waals surface area contributed by atoms with E-state index in [9.17, 15) is 14.7 Å². The molecular formula is C24H30N4O4. The van der Waals surface area contributed by atoms with Crippen LogP contribution in [0.1, 0.15) is 60.8 Å². The van der Waals surface area contributed by atoms with Gasteiger partial charge >= 0.3 is 0 Å². The predicted molar refractivity (Wildman–Crippen MR) is 119 cm³/mol. The molecule has 1 unspecified atom stereocenters. The molecule has 1 aliphatic carbocycles. The number of nitrogens with one attached hydrogen (secondary N) is 1. The number of hydrogen-bond donors (Lipinski definition) is 2. The normalized spacial score (nSPS) is 20.6. The van der Waals surface area contributed by atoms with Crippen molar-refractivity contribution in [1.82, 2.24) is 20.2 Å². The Hall–Kier alpha value is -2.84. The van der Waals surface area contributed by atoms with Gasteiger partial charge in [0.05, 0.1) is 30.9 Å². The molecule has 2 aromatic rings. The lowest BCUT2D eigenvalue weighted by atomic mass is 9.82. The highest BCUT2D eigenvalue weighted by Crippen LogP contribution is 2.32. The van der Waals surface area contributed by atoms with Crippen LogP contribution >= 0.6 is 0 Å². The van der Waals surface area contributed by atoms with Crippen LogP contribution in [0.15, 0.2) is 36.7 Å². The zero-order valence-corrected chi connectivity index (χ0v) is 18.4. The highest BCUT2D eigenvalue weighted by Gasteiger charge is 2.35. The maximum absolute atomic E-state index is 12.8. The topological polar surface area (TPSA) is 105 Å². The van der Waals surface area contributed by atoms with Crippen LogP contribution in [-0.4, -0.2) is 64.1 Å². The minimum atomic E-state index is -0.857. The first-order valence-electron chi connectivity index (χ1n) is 11.2. The molecule has 2 amide bonds. The van der Waals surface area contributed by atoms with Crippen molar-refractivity contribution in [3.05, 3.63) is 48.0 Å². The van der Waals surface area contributed by atoms with Crippen molar-refractivity contribution in [3.8, 4) is 11.1 Å². The van der Waals surface area contributed by atoms with Gasteiger partial charge in [-0.1, -0.05) is 31.4 Å². The van der Waals surface area contributed by atoms with Gasteiger partial charge in [-0.05, 0) is 25.0 Å². The van der Waals surface area contributed by atoms with Crippen molar-refractivity contribution in [2.24, 2.45) is 0 Å². The highest BCUT2D eigenvalue weighted by atomic mass is 16.5. The number of amides is 2. The molecule has 2 fully saturated rings. The average Bonchev–Trinajstić information content (AvgIpc) is 2.84. The van der Waals surface area contributed by atoms with Crippen molar-refractivity contribution in [1.29, 1.82) is 0 Å². The summed E-state index contributed by atoms with van der Waals surface area (Å²) in [4.78, 5) is 35.0. The third-order valence-electron chi connectivity index (χ3n) is 6.36. The van der Waals surface area contributed by atoms with Crippen LogP contribution in [0.5, 0.6) is 0 Å². The number of pyridine rings is 2. The molecule has 0 bridgehead atoms. The maximum atomic E-state index is 12.8. The van der Waals surface area contributed by atoms with E-state index < -0.39 is 5.60 Å². The van der Waals surface area contributed by atoms with Crippen LogP contribution in [0.4, 0.5) is 0 Å². The van der Waals surface area contributed by atoms with Gasteiger partial charge in [0, 0.05) is 37.1 Å². The summed E-state index contributed by atoms with van der Waals surface area (Å²) in [7, 11) is 1.57. The fraction of sp³-hybridized carbons (Fsp3) is 0.500. The van der Waals surface area contributed by atoms with Gasteiger partial charge in [-0.3, -0.25) is 19.6 Å². The summed E-state index contributed by atoms with van der Waals surface area (Å²) < 4.78 is 5.88. The molecule has 1 aliphatic heterocycles. The Morgan fingerprint density at radius 2 is 1.84 bits per heavy atom. The first-order valence-corrected chi connectivity index (χ1v) is 11.2. The second-order valence-corrected chi connectivity index (χ2v) is 8.64. The summed E-state index contributed by atoms with van der Waals surface area (Å²) in [5.41, 5.74) is 2.01. The Kier molecular flexibility index (Phi) is 6.81. The number of carbonyl (C=O) groups excluding carboxylic acids is 2. The van der Waals surface area contributed by atoms with Crippen LogP contribution in [0, 0.1) is 0 Å². The largest absolute Gasteiger partial charge is 0.389 e. The minimum absolute atomic E-state index is 0.0124. The van der Waals surface area contributed by atoms with Crippen LogP contribution in [0.2, 0.25) is 0 Å². The Morgan fingerprint density at radius 1 is 1.12 bits per heavy atom. The molecule has 1 saturated heterocycles. The highest BCUT2D eigenvalue weighted by molar-refractivity contribution is 5.92. The van der Waals surface area contributed by atoms with E-state index >= 15 is 0 Å². The van der Waals surface area contributed by atoms with E-state index in [2.05, 4.69) is 15.3 Å². The summed E-state index contributed by atoms with van der Waals surface area (Å²) in [6.45, 7) is 1.42. The van der Waals surface area contributed by atoms with Crippen molar-refractivity contribution in [3.63, 3.8) is 0 Å². The zero-order chi connectivity index (χ0) is 22.6. The third kappa shape index (κ3) is 5.14. The minimum Gasteiger partial charge on any atom is -0.389 e. The van der Waals surface area contributed by atoms with E-state index in [4.69, 9.17) is 4.74 Å². The standard InChI is InChI=1S/C24H30N4O4/c1-25-23(30)20-8-6-18(15-27-20)17-5-7-19(26-14-17)21-16-28(11-12-32-21)22(29)13-24(31)9-3-2-4-10-24/h5-8,14-15,21,31H,2-4,9-13,16H2,1H3,(H,25,30). The second-order valence-electron chi connectivity index (χ2n) is 8.64. The fourth-order valence-electron chi connectivity index (χ4n) is 4.43. The van der Waals surface area contributed by atoms with Gasteiger partial charge in [-0.2, -0.15) is 0 Å². The SMILES string of the molecule is CNC(=O)c1ccc(-c2ccc(C3CN(C(=O)CC4(O)CCCCC4)CCO3)nc2)cn1. The lowest BCUT2D eigenvalue weighted by Gasteiger charge is -2.37. The van der Waals surface area contributed by atoms with E-state index in [0.717, 1.165) is 36.1 Å². The van der Waals surface area contributed by atoms with Gasteiger partial charge in [-0.15, -0.1) is 0 Å². The van der Waals surface area contributed by atoms with Crippen molar-refractivity contribution in [2.45, 2.75) is 50.2 Å². The molecule has 2 N–H and O–H groups in total. The number of carbonyl (C=O) groups is 2. The lowest BCUT2D eigenvalue weighted by Crippen LogP contribution is -2.46. The van der Waals surface area contributed by atoms with Crippen molar-refractivity contribution in [2.75, 3.05) is 26.7 Å². The molecule has 1 saturated carbocycles. The lowest BCUT2D eigenvalue weighted by molar-refractivity contribution is -0.145. The van der Waals surface area contributed by atoms with E-state index in [1.54, 1.807) is 30.4 Å². The van der Waals surface area contributed by atoms with Gasteiger partial charge in [-0.25, -0.2) is 0 Å². The van der Waals surface area contributed by atoms with Crippen LogP contribution in [0.25, 0.3) is 11.1 Å². The third-order valence-corrected chi connectivity index (χ3v) is 6.36. The molecule has 0 spiro atoms. The first-order chi connectivity index (χ1) is 15.5. The number of morpholine rings is 1. The second kappa shape index (κ2) is 9.75. The Labute approximate surface area is 188 Å². The Balaban J connectivity index is 1.39. The molecule has 8 nitrogen and oxygen atoms in total. The molecule has 0 aromatic carbocycles. The number of nitrogens with zero attached hydrogens (tertiary/aromatic N) is 3. The summed E-state index contributed by atoms with van der Waals surface area (Å²) in [5, 5.41) is 13.3. The molecule has 4 rings (SSSR count). The molecule has 3 heterocycles. The quantitative estimate of drug-likeness (QED) is 0.743. The molecule has 170 valence electrons. The first kappa shape index (κ1) is 22.4. The average molecular weight is 439 g/mol. The van der Waals surface area contributed by atoms with E-state index in [1.807, 2.05) is 18.2 Å². The van der Waals surface area contributed by atoms with E-state index in [0.29, 0.717) is 38.2 Å². The maximum Gasteiger partial charge on any atom is 0.269 e. The smallest absolute Gasteiger partial charge is 0.269 e. The fourth-order valence-corrected chi connectivity index (χ4v) is 4.43. The van der Waals surface area contributed by atoms with E-state index in [-0.39, 0.29) is 24.3 Å². The van der Waals surface area contributed by atoms with Gasteiger partial charge in [0.25, 0.3) is 5.91 Å². The monoisotopic (exact) mass is 438 g/mol. The van der Waals surface area contributed by atoms with Gasteiger partial charge in [0.15, 0.2) is 0 Å².